The minimum atomic E-state index is -0.176. The van der Waals surface area contributed by atoms with E-state index in [1.807, 2.05) is 6.92 Å². The standard InChI is InChI=1S/C19H29NO3/c1-14-6-7-15(2)18(13-14)23-12-4-3-5-19(22)20-16-8-10-17(21)11-9-16/h6-7,13,16-17,21H,3-5,8-12H2,1-2H3,(H,20,22). The molecule has 2 rings (SSSR count). The quantitative estimate of drug-likeness (QED) is 0.758. The van der Waals surface area contributed by atoms with Gasteiger partial charge in [0.05, 0.1) is 12.7 Å². The molecular formula is C19H29NO3. The number of amides is 1. The van der Waals surface area contributed by atoms with Crippen molar-refractivity contribution in [1.82, 2.24) is 5.32 Å². The Labute approximate surface area is 139 Å². The largest absolute Gasteiger partial charge is 0.493 e. The summed E-state index contributed by atoms with van der Waals surface area (Å²) in [6.45, 7) is 4.75. The highest BCUT2D eigenvalue weighted by atomic mass is 16.5. The zero-order chi connectivity index (χ0) is 16.7. The molecular weight excluding hydrogens is 290 g/mol. The Morgan fingerprint density at radius 2 is 1.96 bits per heavy atom. The zero-order valence-electron chi connectivity index (χ0n) is 14.3. The molecule has 1 aliphatic carbocycles. The number of hydrogen-bond acceptors (Lipinski definition) is 3. The Morgan fingerprint density at radius 1 is 1.22 bits per heavy atom. The highest BCUT2D eigenvalue weighted by Gasteiger charge is 2.20. The molecule has 0 spiro atoms. The molecule has 0 saturated heterocycles. The van der Waals surface area contributed by atoms with Crippen LogP contribution in [0.1, 0.15) is 56.1 Å². The van der Waals surface area contributed by atoms with E-state index in [1.54, 1.807) is 0 Å². The van der Waals surface area contributed by atoms with Gasteiger partial charge >= 0.3 is 0 Å². The third-order valence-corrected chi connectivity index (χ3v) is 4.46. The number of aryl methyl sites for hydroxylation is 2. The number of benzene rings is 1. The number of carbonyl (C=O) groups excluding carboxylic acids is 1. The van der Waals surface area contributed by atoms with Crippen molar-refractivity contribution in [2.45, 2.75) is 70.9 Å². The second-order valence-corrected chi connectivity index (χ2v) is 6.65. The predicted octanol–water partition coefficient (Wildman–Crippen LogP) is 3.27. The number of nitrogens with one attached hydrogen (secondary N) is 1. The topological polar surface area (TPSA) is 58.6 Å². The minimum Gasteiger partial charge on any atom is -0.493 e. The van der Waals surface area contributed by atoms with Gasteiger partial charge in [-0.2, -0.15) is 0 Å². The van der Waals surface area contributed by atoms with Gasteiger partial charge in [-0.1, -0.05) is 12.1 Å². The van der Waals surface area contributed by atoms with Gasteiger partial charge in [0, 0.05) is 12.5 Å². The number of ether oxygens (including phenoxy) is 1. The van der Waals surface area contributed by atoms with Gasteiger partial charge in [0.15, 0.2) is 0 Å². The first kappa shape index (κ1) is 17.8. The SMILES string of the molecule is Cc1ccc(C)c(OCCCCC(=O)NC2CCC(O)CC2)c1. The van der Waals surface area contributed by atoms with E-state index in [1.165, 1.54) is 5.56 Å². The van der Waals surface area contributed by atoms with Crippen LogP contribution in [-0.2, 0) is 4.79 Å². The van der Waals surface area contributed by atoms with Crippen molar-refractivity contribution in [1.29, 1.82) is 0 Å². The summed E-state index contributed by atoms with van der Waals surface area (Å²) >= 11 is 0. The maximum Gasteiger partial charge on any atom is 0.220 e. The van der Waals surface area contributed by atoms with Crippen molar-refractivity contribution >= 4 is 5.91 Å². The lowest BCUT2D eigenvalue weighted by Crippen LogP contribution is -2.38. The van der Waals surface area contributed by atoms with Crippen molar-refractivity contribution < 1.29 is 14.6 Å². The lowest BCUT2D eigenvalue weighted by Gasteiger charge is -2.26. The lowest BCUT2D eigenvalue weighted by atomic mass is 9.93. The van der Waals surface area contributed by atoms with E-state index >= 15 is 0 Å². The third kappa shape index (κ3) is 6.22. The summed E-state index contributed by atoms with van der Waals surface area (Å²) in [5.41, 5.74) is 2.34. The molecule has 0 heterocycles. The maximum atomic E-state index is 11.9. The fraction of sp³-hybridized carbons (Fsp3) is 0.632. The summed E-state index contributed by atoms with van der Waals surface area (Å²) < 4.78 is 5.80. The molecule has 4 nitrogen and oxygen atoms in total. The van der Waals surface area contributed by atoms with Gasteiger partial charge in [0.2, 0.25) is 5.91 Å². The Balaban J connectivity index is 1.58. The van der Waals surface area contributed by atoms with Crippen LogP contribution in [0.25, 0.3) is 0 Å². The van der Waals surface area contributed by atoms with E-state index in [4.69, 9.17) is 4.74 Å². The van der Waals surface area contributed by atoms with Gasteiger partial charge in [-0.15, -0.1) is 0 Å². The summed E-state index contributed by atoms with van der Waals surface area (Å²) in [4.78, 5) is 11.9. The summed E-state index contributed by atoms with van der Waals surface area (Å²) in [6, 6.07) is 6.45. The van der Waals surface area contributed by atoms with Crippen LogP contribution in [0, 0.1) is 13.8 Å². The molecule has 0 unspecified atom stereocenters. The molecule has 1 fully saturated rings. The Kier molecular flexibility index (Phi) is 6.90. The first-order chi connectivity index (χ1) is 11.0. The van der Waals surface area contributed by atoms with Crippen molar-refractivity contribution in [3.8, 4) is 5.75 Å². The van der Waals surface area contributed by atoms with Gasteiger partial charge in [-0.25, -0.2) is 0 Å². The van der Waals surface area contributed by atoms with Gasteiger partial charge < -0.3 is 15.2 Å². The van der Waals surface area contributed by atoms with E-state index in [9.17, 15) is 9.90 Å². The van der Waals surface area contributed by atoms with Crippen LogP contribution in [0.5, 0.6) is 5.75 Å². The predicted molar refractivity (Wildman–Crippen MR) is 91.7 cm³/mol. The molecule has 1 aliphatic rings. The molecule has 0 bridgehead atoms. The first-order valence-electron chi connectivity index (χ1n) is 8.72. The minimum absolute atomic E-state index is 0.123. The number of carbonyl (C=O) groups is 1. The molecule has 1 saturated carbocycles. The summed E-state index contributed by atoms with van der Waals surface area (Å²) in [5, 5.41) is 12.5. The first-order valence-corrected chi connectivity index (χ1v) is 8.72. The monoisotopic (exact) mass is 319 g/mol. The highest BCUT2D eigenvalue weighted by molar-refractivity contribution is 5.76. The molecule has 23 heavy (non-hydrogen) atoms. The summed E-state index contributed by atoms with van der Waals surface area (Å²) in [5.74, 6) is 1.06. The molecule has 0 aromatic heterocycles. The van der Waals surface area contributed by atoms with Crippen molar-refractivity contribution in [2.75, 3.05) is 6.61 Å². The number of hydrogen-bond donors (Lipinski definition) is 2. The van der Waals surface area contributed by atoms with Gasteiger partial charge in [0.1, 0.15) is 5.75 Å². The van der Waals surface area contributed by atoms with Crippen molar-refractivity contribution in [3.63, 3.8) is 0 Å². The summed E-state index contributed by atoms with van der Waals surface area (Å²) in [6.07, 6.45) is 5.48. The number of unbranched alkanes of at least 4 members (excludes halogenated alkanes) is 1. The van der Waals surface area contributed by atoms with E-state index < -0.39 is 0 Å². The van der Waals surface area contributed by atoms with Gasteiger partial charge in [0.25, 0.3) is 0 Å². The van der Waals surface area contributed by atoms with Crippen LogP contribution < -0.4 is 10.1 Å². The Hall–Kier alpha value is -1.55. The number of rotatable bonds is 7. The lowest BCUT2D eigenvalue weighted by molar-refractivity contribution is -0.122. The molecule has 2 N–H and O–H groups in total. The fourth-order valence-electron chi connectivity index (χ4n) is 2.95. The van der Waals surface area contributed by atoms with Crippen LogP contribution in [-0.4, -0.2) is 29.8 Å². The molecule has 4 heteroatoms. The van der Waals surface area contributed by atoms with E-state index in [0.29, 0.717) is 13.0 Å². The number of aliphatic hydroxyl groups excluding tert-OH is 1. The second-order valence-electron chi connectivity index (χ2n) is 6.65. The second kappa shape index (κ2) is 8.92. The smallest absolute Gasteiger partial charge is 0.220 e. The average Bonchev–Trinajstić information content (AvgIpc) is 2.52. The Bertz CT molecular complexity index is 507. The molecule has 1 aromatic carbocycles. The van der Waals surface area contributed by atoms with Gasteiger partial charge in [-0.3, -0.25) is 4.79 Å². The molecule has 1 amide bonds. The molecule has 0 radical (unpaired) electrons. The molecule has 0 aliphatic heterocycles. The Morgan fingerprint density at radius 3 is 2.70 bits per heavy atom. The highest BCUT2D eigenvalue weighted by Crippen LogP contribution is 2.20. The fourth-order valence-corrected chi connectivity index (χ4v) is 2.95. The van der Waals surface area contributed by atoms with E-state index in [2.05, 4.69) is 30.4 Å². The molecule has 1 aromatic rings. The van der Waals surface area contributed by atoms with Crippen LogP contribution >= 0.6 is 0 Å². The average molecular weight is 319 g/mol. The van der Waals surface area contributed by atoms with Crippen LogP contribution in [0.3, 0.4) is 0 Å². The number of aliphatic hydroxyl groups is 1. The third-order valence-electron chi connectivity index (χ3n) is 4.46. The maximum absolute atomic E-state index is 11.9. The van der Waals surface area contributed by atoms with Crippen LogP contribution in [0.2, 0.25) is 0 Å². The zero-order valence-corrected chi connectivity index (χ0v) is 14.3. The van der Waals surface area contributed by atoms with E-state index in [0.717, 1.165) is 49.8 Å². The van der Waals surface area contributed by atoms with Crippen LogP contribution in [0.4, 0.5) is 0 Å². The molecule has 128 valence electrons. The van der Waals surface area contributed by atoms with E-state index in [-0.39, 0.29) is 18.1 Å². The van der Waals surface area contributed by atoms with Crippen molar-refractivity contribution in [2.24, 2.45) is 0 Å². The summed E-state index contributed by atoms with van der Waals surface area (Å²) in [7, 11) is 0. The van der Waals surface area contributed by atoms with Crippen LogP contribution in [0.15, 0.2) is 18.2 Å². The van der Waals surface area contributed by atoms with Gasteiger partial charge in [-0.05, 0) is 69.6 Å². The van der Waals surface area contributed by atoms with Crippen molar-refractivity contribution in [3.05, 3.63) is 29.3 Å². The molecule has 0 atom stereocenters. The normalized spacial score (nSPS) is 21.0.